The van der Waals surface area contributed by atoms with Gasteiger partial charge < -0.3 is 14.5 Å². The Hall–Kier alpha value is -1.95. The molecule has 2 aliphatic rings. The molecule has 0 saturated carbocycles. The number of aromatic nitrogens is 1. The summed E-state index contributed by atoms with van der Waals surface area (Å²) >= 11 is 0. The average molecular weight is 317 g/mol. The lowest BCUT2D eigenvalue weighted by Crippen LogP contribution is -2.54. The number of aryl methyl sites for hydroxylation is 1. The van der Waals surface area contributed by atoms with Crippen molar-refractivity contribution in [3.63, 3.8) is 0 Å². The van der Waals surface area contributed by atoms with E-state index in [4.69, 9.17) is 4.74 Å². The standard InChI is InChI=1S/C17H23N3O3/c1-12-3-4-13(8-18-12)7-16(21)20-6-5-14-10-23-11-17(22)19(2)15(14)9-20/h3-4,8,14-15H,5-7,9-11H2,1-2H3/t14-,15-/m0/s1. The van der Waals surface area contributed by atoms with E-state index in [1.807, 2.05) is 31.0 Å². The SMILES string of the molecule is Cc1ccc(CC(=O)N2CC[C@H]3COCC(=O)N(C)[C@H]3C2)cn1. The summed E-state index contributed by atoms with van der Waals surface area (Å²) < 4.78 is 5.45. The molecule has 0 unspecified atom stereocenters. The number of nitrogens with zero attached hydrogens (tertiary/aromatic N) is 3. The summed E-state index contributed by atoms with van der Waals surface area (Å²) in [6.07, 6.45) is 2.99. The van der Waals surface area contributed by atoms with Gasteiger partial charge in [0.05, 0.1) is 19.1 Å². The number of rotatable bonds is 2. The van der Waals surface area contributed by atoms with Crippen molar-refractivity contribution in [1.29, 1.82) is 0 Å². The van der Waals surface area contributed by atoms with Crippen LogP contribution < -0.4 is 0 Å². The zero-order chi connectivity index (χ0) is 16.4. The van der Waals surface area contributed by atoms with E-state index in [0.29, 0.717) is 25.5 Å². The summed E-state index contributed by atoms with van der Waals surface area (Å²) in [7, 11) is 1.81. The van der Waals surface area contributed by atoms with Crippen molar-refractivity contribution in [3.8, 4) is 0 Å². The lowest BCUT2D eigenvalue weighted by molar-refractivity contribution is -0.138. The zero-order valence-corrected chi connectivity index (χ0v) is 13.7. The molecule has 0 aromatic carbocycles. The molecule has 1 aromatic rings. The number of carbonyl (C=O) groups is 2. The van der Waals surface area contributed by atoms with E-state index in [2.05, 4.69) is 4.98 Å². The number of piperidine rings is 1. The Morgan fingerprint density at radius 2 is 2.26 bits per heavy atom. The summed E-state index contributed by atoms with van der Waals surface area (Å²) in [6, 6.07) is 3.92. The van der Waals surface area contributed by atoms with E-state index in [1.54, 1.807) is 11.1 Å². The Balaban J connectivity index is 1.66. The predicted octanol–water partition coefficient (Wildman–Crippen LogP) is 0.638. The van der Waals surface area contributed by atoms with Gasteiger partial charge in [-0.25, -0.2) is 0 Å². The van der Waals surface area contributed by atoms with E-state index in [9.17, 15) is 9.59 Å². The fraction of sp³-hybridized carbons (Fsp3) is 0.588. The van der Waals surface area contributed by atoms with E-state index in [1.165, 1.54) is 0 Å². The lowest BCUT2D eigenvalue weighted by atomic mass is 9.91. The highest BCUT2D eigenvalue weighted by Gasteiger charge is 2.37. The number of ether oxygens (including phenoxy) is 1. The van der Waals surface area contributed by atoms with Crippen LogP contribution in [0.25, 0.3) is 0 Å². The molecule has 0 radical (unpaired) electrons. The molecule has 6 heteroatoms. The van der Waals surface area contributed by atoms with Crippen LogP contribution in [0.1, 0.15) is 17.7 Å². The van der Waals surface area contributed by atoms with Crippen molar-refractivity contribution in [2.24, 2.45) is 5.92 Å². The van der Waals surface area contributed by atoms with Gasteiger partial charge in [0.2, 0.25) is 11.8 Å². The number of hydrogen-bond donors (Lipinski definition) is 0. The largest absolute Gasteiger partial charge is 0.371 e. The molecule has 2 fully saturated rings. The monoisotopic (exact) mass is 317 g/mol. The minimum absolute atomic E-state index is 0.00506. The van der Waals surface area contributed by atoms with Gasteiger partial charge in [-0.15, -0.1) is 0 Å². The number of pyridine rings is 1. The Kier molecular flexibility index (Phi) is 4.61. The summed E-state index contributed by atoms with van der Waals surface area (Å²) in [5.41, 5.74) is 1.87. The van der Waals surface area contributed by atoms with Crippen molar-refractivity contribution < 1.29 is 14.3 Å². The van der Waals surface area contributed by atoms with Gasteiger partial charge in [0.15, 0.2) is 0 Å². The molecule has 124 valence electrons. The quantitative estimate of drug-likeness (QED) is 0.803. The third-order valence-electron chi connectivity index (χ3n) is 4.85. The predicted molar refractivity (Wildman–Crippen MR) is 84.7 cm³/mol. The van der Waals surface area contributed by atoms with Crippen LogP contribution in [0.3, 0.4) is 0 Å². The number of amides is 2. The summed E-state index contributed by atoms with van der Waals surface area (Å²) in [4.78, 5) is 32.4. The first-order valence-electron chi connectivity index (χ1n) is 8.07. The lowest BCUT2D eigenvalue weighted by Gasteiger charge is -2.41. The molecule has 6 nitrogen and oxygen atoms in total. The zero-order valence-electron chi connectivity index (χ0n) is 13.7. The molecule has 2 aliphatic heterocycles. The van der Waals surface area contributed by atoms with Crippen molar-refractivity contribution in [1.82, 2.24) is 14.8 Å². The molecule has 3 rings (SSSR count). The molecule has 0 bridgehead atoms. The summed E-state index contributed by atoms with van der Waals surface area (Å²) in [6.45, 7) is 3.99. The number of likely N-dealkylation sites (N-methyl/N-ethyl adjacent to an activating group) is 1. The molecule has 0 N–H and O–H groups in total. The fourth-order valence-corrected chi connectivity index (χ4v) is 3.31. The van der Waals surface area contributed by atoms with Crippen LogP contribution in [-0.2, 0) is 20.7 Å². The maximum Gasteiger partial charge on any atom is 0.248 e. The minimum Gasteiger partial charge on any atom is -0.371 e. The third kappa shape index (κ3) is 3.52. The van der Waals surface area contributed by atoms with Crippen LogP contribution in [0.15, 0.2) is 18.3 Å². The number of fused-ring (bicyclic) bond motifs is 1. The van der Waals surface area contributed by atoms with E-state index < -0.39 is 0 Å². The van der Waals surface area contributed by atoms with Crippen molar-refractivity contribution in [3.05, 3.63) is 29.6 Å². The molecule has 2 atom stereocenters. The second kappa shape index (κ2) is 6.66. The molecule has 2 amide bonds. The fourth-order valence-electron chi connectivity index (χ4n) is 3.31. The number of likely N-dealkylation sites (tertiary alicyclic amines) is 1. The first-order valence-corrected chi connectivity index (χ1v) is 8.07. The molecular weight excluding hydrogens is 294 g/mol. The average Bonchev–Trinajstić information content (AvgIpc) is 2.69. The van der Waals surface area contributed by atoms with Gasteiger partial charge in [-0.2, -0.15) is 0 Å². The van der Waals surface area contributed by atoms with Gasteiger partial charge in [-0.1, -0.05) is 6.07 Å². The van der Waals surface area contributed by atoms with Gasteiger partial charge in [0.1, 0.15) is 6.61 Å². The van der Waals surface area contributed by atoms with Gasteiger partial charge in [0.25, 0.3) is 0 Å². The molecule has 3 heterocycles. The second-order valence-corrected chi connectivity index (χ2v) is 6.46. The Morgan fingerprint density at radius 3 is 3.00 bits per heavy atom. The number of carbonyl (C=O) groups excluding carboxylic acids is 2. The minimum atomic E-state index is -0.00506. The normalized spacial score (nSPS) is 25.0. The highest BCUT2D eigenvalue weighted by atomic mass is 16.5. The number of hydrogen-bond acceptors (Lipinski definition) is 4. The Bertz CT molecular complexity index is 587. The van der Waals surface area contributed by atoms with Crippen LogP contribution >= 0.6 is 0 Å². The van der Waals surface area contributed by atoms with Gasteiger partial charge in [-0.05, 0) is 25.0 Å². The van der Waals surface area contributed by atoms with Crippen LogP contribution in [-0.4, -0.2) is 66.0 Å². The van der Waals surface area contributed by atoms with E-state index in [-0.39, 0.29) is 24.5 Å². The molecule has 23 heavy (non-hydrogen) atoms. The van der Waals surface area contributed by atoms with Crippen LogP contribution in [0.2, 0.25) is 0 Å². The van der Waals surface area contributed by atoms with Crippen molar-refractivity contribution in [2.75, 3.05) is 33.4 Å². The maximum absolute atomic E-state index is 12.6. The second-order valence-electron chi connectivity index (χ2n) is 6.46. The van der Waals surface area contributed by atoms with Crippen molar-refractivity contribution >= 4 is 11.8 Å². The highest BCUT2D eigenvalue weighted by Crippen LogP contribution is 2.25. The molecule has 0 spiro atoms. The first kappa shape index (κ1) is 15.9. The molecular formula is C17H23N3O3. The van der Waals surface area contributed by atoms with Crippen molar-refractivity contribution in [2.45, 2.75) is 25.8 Å². The topological polar surface area (TPSA) is 62.7 Å². The smallest absolute Gasteiger partial charge is 0.248 e. The third-order valence-corrected chi connectivity index (χ3v) is 4.85. The van der Waals surface area contributed by atoms with Gasteiger partial charge in [0, 0.05) is 37.9 Å². The van der Waals surface area contributed by atoms with E-state index >= 15 is 0 Å². The Labute approximate surface area is 136 Å². The maximum atomic E-state index is 12.6. The Morgan fingerprint density at radius 1 is 1.43 bits per heavy atom. The van der Waals surface area contributed by atoms with Crippen LogP contribution in [0, 0.1) is 12.8 Å². The highest BCUT2D eigenvalue weighted by molar-refractivity contribution is 5.80. The van der Waals surface area contributed by atoms with Gasteiger partial charge in [-0.3, -0.25) is 14.6 Å². The summed E-state index contributed by atoms with van der Waals surface area (Å²) in [5, 5.41) is 0. The summed E-state index contributed by atoms with van der Waals surface area (Å²) in [5.74, 6) is 0.409. The molecule has 2 saturated heterocycles. The van der Waals surface area contributed by atoms with Gasteiger partial charge >= 0.3 is 0 Å². The molecule has 0 aliphatic carbocycles. The van der Waals surface area contributed by atoms with E-state index in [0.717, 1.165) is 24.2 Å². The van der Waals surface area contributed by atoms with Crippen LogP contribution in [0.5, 0.6) is 0 Å². The van der Waals surface area contributed by atoms with Crippen LogP contribution in [0.4, 0.5) is 0 Å². The molecule has 1 aromatic heterocycles. The first-order chi connectivity index (χ1) is 11.0.